The maximum Gasteiger partial charge on any atom is 0.208 e. The molecule has 0 atom stereocenters. The maximum atomic E-state index is 5.51. The van der Waals surface area contributed by atoms with Crippen molar-refractivity contribution in [1.29, 1.82) is 0 Å². The van der Waals surface area contributed by atoms with Crippen LogP contribution in [-0.4, -0.2) is 13.3 Å². The molecule has 0 bridgehead atoms. The van der Waals surface area contributed by atoms with E-state index in [4.69, 9.17) is 10.5 Å². The number of hydrogen-bond acceptors (Lipinski definition) is 3. The molecule has 0 spiro atoms. The lowest BCUT2D eigenvalue weighted by molar-refractivity contribution is 0.288. The Hall–Kier alpha value is -1.25. The number of ether oxygens (including phenoxy) is 1. The Labute approximate surface area is 86.4 Å². The van der Waals surface area contributed by atoms with Crippen LogP contribution in [0.1, 0.15) is 27.7 Å². The van der Waals surface area contributed by atoms with Gasteiger partial charge in [-0.3, -0.25) is 0 Å². The molecule has 0 unspecified atom stereocenters. The van der Waals surface area contributed by atoms with E-state index in [0.29, 0.717) is 5.88 Å². The SMILES string of the molecule is C\C=C(/N=C\C(=C/N)C(C)(C)C)OC. The Kier molecular flexibility index (Phi) is 4.99. The molecule has 0 amide bonds. The summed E-state index contributed by atoms with van der Waals surface area (Å²) in [4.78, 5) is 4.16. The number of rotatable bonds is 3. The molecule has 0 rings (SSSR count). The first-order chi connectivity index (χ1) is 6.45. The summed E-state index contributed by atoms with van der Waals surface area (Å²) in [5, 5.41) is 0. The second kappa shape index (κ2) is 5.47. The van der Waals surface area contributed by atoms with E-state index in [1.54, 1.807) is 25.6 Å². The van der Waals surface area contributed by atoms with Crippen LogP contribution in [0, 0.1) is 5.41 Å². The lowest BCUT2D eigenvalue weighted by atomic mass is 9.88. The van der Waals surface area contributed by atoms with Crippen molar-refractivity contribution in [3.8, 4) is 0 Å². The fourth-order valence-corrected chi connectivity index (χ4v) is 0.865. The monoisotopic (exact) mass is 196 g/mol. The molecule has 0 saturated heterocycles. The highest BCUT2D eigenvalue weighted by atomic mass is 16.5. The minimum Gasteiger partial charge on any atom is -0.481 e. The van der Waals surface area contributed by atoms with Crippen molar-refractivity contribution in [2.24, 2.45) is 16.1 Å². The van der Waals surface area contributed by atoms with Crippen molar-refractivity contribution >= 4 is 6.21 Å². The Morgan fingerprint density at radius 1 is 1.36 bits per heavy atom. The van der Waals surface area contributed by atoms with Gasteiger partial charge in [0.05, 0.1) is 7.11 Å². The van der Waals surface area contributed by atoms with Gasteiger partial charge in [0.25, 0.3) is 0 Å². The molecular formula is C11H20N2O. The predicted octanol–water partition coefficient (Wildman–Crippen LogP) is 2.45. The zero-order valence-electron chi connectivity index (χ0n) is 9.66. The van der Waals surface area contributed by atoms with E-state index in [2.05, 4.69) is 25.8 Å². The first kappa shape index (κ1) is 12.8. The number of nitrogens with two attached hydrogens (primary N) is 1. The Morgan fingerprint density at radius 3 is 2.21 bits per heavy atom. The second-order valence-corrected chi connectivity index (χ2v) is 3.96. The van der Waals surface area contributed by atoms with Crippen LogP contribution in [0.15, 0.2) is 28.7 Å². The van der Waals surface area contributed by atoms with Gasteiger partial charge < -0.3 is 10.5 Å². The summed E-state index contributed by atoms with van der Waals surface area (Å²) in [5.41, 5.74) is 6.50. The van der Waals surface area contributed by atoms with Crippen molar-refractivity contribution < 1.29 is 4.74 Å². The van der Waals surface area contributed by atoms with E-state index in [-0.39, 0.29) is 5.41 Å². The van der Waals surface area contributed by atoms with Crippen LogP contribution in [-0.2, 0) is 4.74 Å². The molecule has 2 N–H and O–H groups in total. The molecule has 80 valence electrons. The molecule has 0 heterocycles. The highest BCUT2D eigenvalue weighted by Crippen LogP contribution is 2.22. The van der Waals surface area contributed by atoms with Gasteiger partial charge in [0.2, 0.25) is 5.88 Å². The smallest absolute Gasteiger partial charge is 0.208 e. The molecule has 0 radical (unpaired) electrons. The molecular weight excluding hydrogens is 176 g/mol. The summed E-state index contributed by atoms with van der Waals surface area (Å²) in [6.07, 6.45) is 5.11. The normalized spacial score (nSPS) is 14.9. The molecule has 0 fully saturated rings. The minimum absolute atomic E-state index is 0.00480. The van der Waals surface area contributed by atoms with Crippen LogP contribution in [0.3, 0.4) is 0 Å². The lowest BCUT2D eigenvalue weighted by Crippen LogP contribution is -2.12. The van der Waals surface area contributed by atoms with Crippen LogP contribution in [0.2, 0.25) is 0 Å². The maximum absolute atomic E-state index is 5.51. The average molecular weight is 196 g/mol. The second-order valence-electron chi connectivity index (χ2n) is 3.96. The Morgan fingerprint density at radius 2 is 1.93 bits per heavy atom. The van der Waals surface area contributed by atoms with Crippen LogP contribution in [0.25, 0.3) is 0 Å². The predicted molar refractivity (Wildman–Crippen MR) is 61.0 cm³/mol. The van der Waals surface area contributed by atoms with Crippen LogP contribution >= 0.6 is 0 Å². The largest absolute Gasteiger partial charge is 0.481 e. The summed E-state index contributed by atoms with van der Waals surface area (Å²) in [5.74, 6) is 0.591. The van der Waals surface area contributed by atoms with E-state index < -0.39 is 0 Å². The minimum atomic E-state index is 0.00480. The lowest BCUT2D eigenvalue weighted by Gasteiger charge is -2.18. The van der Waals surface area contributed by atoms with E-state index in [1.165, 1.54) is 0 Å². The number of aliphatic imine (C=N–C) groups is 1. The van der Waals surface area contributed by atoms with E-state index in [0.717, 1.165) is 5.57 Å². The zero-order chi connectivity index (χ0) is 11.2. The molecule has 0 aromatic rings. The number of nitrogens with zero attached hydrogens (tertiary/aromatic N) is 1. The van der Waals surface area contributed by atoms with Gasteiger partial charge in [-0.25, -0.2) is 4.99 Å². The molecule has 0 saturated carbocycles. The van der Waals surface area contributed by atoms with Crippen LogP contribution in [0.5, 0.6) is 0 Å². The van der Waals surface area contributed by atoms with Crippen molar-refractivity contribution in [1.82, 2.24) is 0 Å². The van der Waals surface area contributed by atoms with Crippen molar-refractivity contribution in [2.75, 3.05) is 7.11 Å². The van der Waals surface area contributed by atoms with Gasteiger partial charge >= 0.3 is 0 Å². The standard InChI is InChI=1S/C11H20N2O/c1-6-10(14-5)13-8-9(7-12)11(2,3)4/h6-8H,12H2,1-5H3/b9-7+,10-6+,13-8-. The first-order valence-corrected chi connectivity index (χ1v) is 4.62. The topological polar surface area (TPSA) is 47.6 Å². The van der Waals surface area contributed by atoms with Gasteiger partial charge in [0.1, 0.15) is 0 Å². The summed E-state index contributed by atoms with van der Waals surface area (Å²) in [7, 11) is 1.59. The van der Waals surface area contributed by atoms with Gasteiger partial charge in [0, 0.05) is 6.21 Å². The van der Waals surface area contributed by atoms with Crippen LogP contribution in [0.4, 0.5) is 0 Å². The number of allylic oxidation sites excluding steroid dienone is 2. The summed E-state index contributed by atoms with van der Waals surface area (Å²) in [6.45, 7) is 8.12. The van der Waals surface area contributed by atoms with Crippen molar-refractivity contribution in [2.45, 2.75) is 27.7 Å². The van der Waals surface area contributed by atoms with Gasteiger partial charge in [-0.2, -0.15) is 0 Å². The molecule has 14 heavy (non-hydrogen) atoms. The third-order valence-electron chi connectivity index (χ3n) is 1.83. The molecule has 3 heteroatoms. The van der Waals surface area contributed by atoms with Gasteiger partial charge in [-0.05, 0) is 30.2 Å². The first-order valence-electron chi connectivity index (χ1n) is 4.62. The highest BCUT2D eigenvalue weighted by molar-refractivity contribution is 5.80. The quantitative estimate of drug-likeness (QED) is 0.556. The molecule has 0 aliphatic carbocycles. The Balaban J connectivity index is 4.65. The third kappa shape index (κ3) is 4.12. The molecule has 3 nitrogen and oxygen atoms in total. The van der Waals surface area contributed by atoms with Gasteiger partial charge in [-0.15, -0.1) is 0 Å². The Bertz CT molecular complexity index is 257. The third-order valence-corrected chi connectivity index (χ3v) is 1.83. The number of methoxy groups -OCH3 is 1. The van der Waals surface area contributed by atoms with Gasteiger partial charge in [-0.1, -0.05) is 20.8 Å². The fraction of sp³-hybridized carbons (Fsp3) is 0.545. The summed E-state index contributed by atoms with van der Waals surface area (Å²) < 4.78 is 5.00. The van der Waals surface area contributed by atoms with Gasteiger partial charge in [0.15, 0.2) is 0 Å². The molecule has 0 aromatic carbocycles. The fourth-order valence-electron chi connectivity index (χ4n) is 0.865. The highest BCUT2D eigenvalue weighted by Gasteiger charge is 2.14. The van der Waals surface area contributed by atoms with Crippen molar-refractivity contribution in [3.05, 3.63) is 23.7 Å². The molecule has 0 aliphatic rings. The van der Waals surface area contributed by atoms with Crippen LogP contribution < -0.4 is 5.73 Å². The molecule has 0 aromatic heterocycles. The number of hydrogen-bond donors (Lipinski definition) is 1. The summed E-state index contributed by atoms with van der Waals surface area (Å²) >= 11 is 0. The van der Waals surface area contributed by atoms with E-state index in [1.807, 2.05) is 6.92 Å². The van der Waals surface area contributed by atoms with Crippen molar-refractivity contribution in [3.63, 3.8) is 0 Å². The van der Waals surface area contributed by atoms with E-state index in [9.17, 15) is 0 Å². The molecule has 0 aliphatic heterocycles. The average Bonchev–Trinajstić information content (AvgIpc) is 2.10. The summed E-state index contributed by atoms with van der Waals surface area (Å²) in [6, 6.07) is 0. The van der Waals surface area contributed by atoms with E-state index >= 15 is 0 Å². The zero-order valence-corrected chi connectivity index (χ0v) is 9.66.